The van der Waals surface area contributed by atoms with E-state index in [1.54, 1.807) is 12.4 Å². The predicted molar refractivity (Wildman–Crippen MR) is 54.7 cm³/mol. The number of hydrogen-bond acceptors (Lipinski definition) is 3. The molecule has 76 valence electrons. The Balaban J connectivity index is 2.05. The zero-order chi connectivity index (χ0) is 9.80. The highest BCUT2D eigenvalue weighted by Gasteiger charge is 2.22. The molecule has 1 saturated heterocycles. The van der Waals surface area contributed by atoms with Gasteiger partial charge in [-0.1, -0.05) is 0 Å². The highest BCUT2D eigenvalue weighted by molar-refractivity contribution is 5.73. The third-order valence-electron chi connectivity index (χ3n) is 2.53. The van der Waals surface area contributed by atoms with Crippen LogP contribution in [0.4, 0.5) is 4.39 Å². The Hall–Kier alpha value is -1.16. The van der Waals surface area contributed by atoms with Crippen LogP contribution in [0.3, 0.4) is 0 Å². The van der Waals surface area contributed by atoms with Crippen molar-refractivity contribution in [3.8, 4) is 0 Å². The van der Waals surface area contributed by atoms with Gasteiger partial charge in [-0.05, 0) is 30.1 Å². The molecule has 1 fully saturated rings. The quantitative estimate of drug-likeness (QED) is 0.654. The van der Waals surface area contributed by atoms with Gasteiger partial charge in [-0.15, -0.1) is 0 Å². The molecule has 2 N–H and O–H groups in total. The van der Waals surface area contributed by atoms with Gasteiger partial charge in [-0.3, -0.25) is 5.43 Å². The smallest absolute Gasteiger partial charge is 0.113 e. The number of halogens is 1. The summed E-state index contributed by atoms with van der Waals surface area (Å²) >= 11 is 0. The SMILES string of the molecule is FC1CNCC(C2=CC=NNC=C2)C1. The number of alkyl halides is 1. The van der Waals surface area contributed by atoms with Gasteiger partial charge in [0, 0.05) is 25.5 Å². The fraction of sp³-hybridized carbons (Fsp3) is 0.500. The third-order valence-corrected chi connectivity index (χ3v) is 2.53. The van der Waals surface area contributed by atoms with Gasteiger partial charge in [0.2, 0.25) is 0 Å². The van der Waals surface area contributed by atoms with E-state index in [-0.39, 0.29) is 5.92 Å². The number of rotatable bonds is 1. The van der Waals surface area contributed by atoms with Crippen LogP contribution in [0.2, 0.25) is 0 Å². The third kappa shape index (κ3) is 2.20. The molecule has 0 aromatic heterocycles. The molecular weight excluding hydrogens is 181 g/mol. The van der Waals surface area contributed by atoms with E-state index in [2.05, 4.69) is 15.8 Å². The van der Waals surface area contributed by atoms with Gasteiger partial charge in [-0.25, -0.2) is 4.39 Å². The molecule has 2 aliphatic heterocycles. The molecule has 4 heteroatoms. The molecular formula is C10H14FN3. The van der Waals surface area contributed by atoms with Crippen molar-refractivity contribution < 1.29 is 4.39 Å². The van der Waals surface area contributed by atoms with Gasteiger partial charge in [0.15, 0.2) is 0 Å². The van der Waals surface area contributed by atoms with E-state index in [9.17, 15) is 4.39 Å². The molecule has 0 amide bonds. The molecule has 2 atom stereocenters. The normalized spacial score (nSPS) is 31.9. The highest BCUT2D eigenvalue weighted by atomic mass is 19.1. The average Bonchev–Trinajstić information content (AvgIpc) is 2.45. The van der Waals surface area contributed by atoms with Crippen LogP contribution >= 0.6 is 0 Å². The van der Waals surface area contributed by atoms with Gasteiger partial charge in [0.1, 0.15) is 6.17 Å². The summed E-state index contributed by atoms with van der Waals surface area (Å²) in [6.45, 7) is 1.34. The highest BCUT2D eigenvalue weighted by Crippen LogP contribution is 2.22. The summed E-state index contributed by atoms with van der Waals surface area (Å²) < 4.78 is 13.1. The molecule has 0 aliphatic carbocycles. The Kier molecular flexibility index (Phi) is 2.93. The Morgan fingerprint density at radius 1 is 1.43 bits per heavy atom. The summed E-state index contributed by atoms with van der Waals surface area (Å²) in [6.07, 6.45) is 7.25. The van der Waals surface area contributed by atoms with Crippen LogP contribution in [0.15, 0.2) is 29.0 Å². The number of hydrogen-bond donors (Lipinski definition) is 2. The van der Waals surface area contributed by atoms with Crippen molar-refractivity contribution in [2.45, 2.75) is 12.6 Å². The molecule has 0 bridgehead atoms. The van der Waals surface area contributed by atoms with E-state index in [4.69, 9.17) is 0 Å². The molecule has 0 spiro atoms. The maximum atomic E-state index is 13.1. The van der Waals surface area contributed by atoms with Crippen LogP contribution < -0.4 is 10.7 Å². The Bertz CT molecular complexity index is 283. The van der Waals surface area contributed by atoms with Crippen LogP contribution in [-0.4, -0.2) is 25.5 Å². The van der Waals surface area contributed by atoms with Crippen molar-refractivity contribution in [1.82, 2.24) is 10.7 Å². The summed E-state index contributed by atoms with van der Waals surface area (Å²) in [5, 5.41) is 6.97. The Labute approximate surface area is 82.8 Å². The first-order chi connectivity index (χ1) is 6.86. The Morgan fingerprint density at radius 3 is 3.21 bits per heavy atom. The van der Waals surface area contributed by atoms with Crippen LogP contribution in [0, 0.1) is 5.92 Å². The van der Waals surface area contributed by atoms with E-state index in [0.717, 1.165) is 12.1 Å². The summed E-state index contributed by atoms with van der Waals surface area (Å²) in [5.41, 5.74) is 3.88. The largest absolute Gasteiger partial charge is 0.313 e. The molecule has 0 aromatic rings. The fourth-order valence-electron chi connectivity index (χ4n) is 1.81. The first-order valence-corrected chi connectivity index (χ1v) is 4.86. The standard InChI is InChI=1S/C10H14FN3/c11-10-5-9(6-12-7-10)8-1-3-13-14-4-2-8/h1-4,9-10,12-13H,5-7H2. The predicted octanol–water partition coefficient (Wildman–Crippen LogP) is 0.963. The molecule has 14 heavy (non-hydrogen) atoms. The molecule has 0 aromatic carbocycles. The van der Waals surface area contributed by atoms with Crippen molar-refractivity contribution in [2.24, 2.45) is 11.0 Å². The molecule has 3 nitrogen and oxygen atoms in total. The second-order valence-corrected chi connectivity index (χ2v) is 3.60. The number of hydrazone groups is 1. The average molecular weight is 195 g/mol. The number of allylic oxidation sites excluding steroid dienone is 2. The van der Waals surface area contributed by atoms with Crippen molar-refractivity contribution in [3.05, 3.63) is 23.9 Å². The number of nitrogens with one attached hydrogen (secondary N) is 2. The van der Waals surface area contributed by atoms with Crippen molar-refractivity contribution in [1.29, 1.82) is 0 Å². The number of nitrogens with zero attached hydrogens (tertiary/aromatic N) is 1. The van der Waals surface area contributed by atoms with E-state index in [0.29, 0.717) is 13.0 Å². The first kappa shape index (κ1) is 9.40. The van der Waals surface area contributed by atoms with Crippen molar-refractivity contribution in [2.75, 3.05) is 13.1 Å². The fourth-order valence-corrected chi connectivity index (χ4v) is 1.81. The summed E-state index contributed by atoms with van der Waals surface area (Å²) in [5.74, 6) is 0.265. The van der Waals surface area contributed by atoms with Gasteiger partial charge in [0.05, 0.1) is 0 Å². The van der Waals surface area contributed by atoms with Gasteiger partial charge >= 0.3 is 0 Å². The van der Waals surface area contributed by atoms with Crippen molar-refractivity contribution in [3.63, 3.8) is 0 Å². The molecule has 2 aliphatic rings. The lowest BCUT2D eigenvalue weighted by Gasteiger charge is -2.26. The first-order valence-electron chi connectivity index (χ1n) is 4.86. The monoisotopic (exact) mass is 195 g/mol. The van der Waals surface area contributed by atoms with E-state index >= 15 is 0 Å². The maximum absolute atomic E-state index is 13.1. The van der Waals surface area contributed by atoms with Gasteiger partial charge in [0.25, 0.3) is 0 Å². The van der Waals surface area contributed by atoms with Crippen LogP contribution in [-0.2, 0) is 0 Å². The minimum absolute atomic E-state index is 0.265. The van der Waals surface area contributed by atoms with E-state index in [1.807, 2.05) is 12.2 Å². The van der Waals surface area contributed by atoms with E-state index < -0.39 is 6.17 Å². The molecule has 2 rings (SSSR count). The van der Waals surface area contributed by atoms with E-state index in [1.165, 1.54) is 0 Å². The van der Waals surface area contributed by atoms with Gasteiger partial charge < -0.3 is 5.32 Å². The lowest BCUT2D eigenvalue weighted by atomic mass is 9.90. The van der Waals surface area contributed by atoms with Crippen LogP contribution in [0.1, 0.15) is 6.42 Å². The summed E-state index contributed by atoms with van der Waals surface area (Å²) in [6, 6.07) is 0. The molecule has 2 heterocycles. The zero-order valence-corrected chi connectivity index (χ0v) is 7.91. The van der Waals surface area contributed by atoms with Crippen molar-refractivity contribution >= 4 is 6.21 Å². The maximum Gasteiger partial charge on any atom is 0.113 e. The molecule has 0 radical (unpaired) electrons. The lowest BCUT2D eigenvalue weighted by Crippen LogP contribution is -2.37. The van der Waals surface area contributed by atoms with Crippen LogP contribution in [0.5, 0.6) is 0 Å². The van der Waals surface area contributed by atoms with Gasteiger partial charge in [-0.2, -0.15) is 5.10 Å². The lowest BCUT2D eigenvalue weighted by molar-refractivity contribution is 0.233. The van der Waals surface area contributed by atoms with Crippen LogP contribution in [0.25, 0.3) is 0 Å². The Morgan fingerprint density at radius 2 is 2.36 bits per heavy atom. The molecule has 0 saturated carbocycles. The minimum atomic E-state index is -0.726. The molecule has 2 unspecified atom stereocenters. The zero-order valence-electron chi connectivity index (χ0n) is 7.91. The second kappa shape index (κ2) is 4.37. The number of piperidine rings is 1. The topological polar surface area (TPSA) is 36.4 Å². The summed E-state index contributed by atoms with van der Waals surface area (Å²) in [7, 11) is 0. The second-order valence-electron chi connectivity index (χ2n) is 3.60. The summed E-state index contributed by atoms with van der Waals surface area (Å²) in [4.78, 5) is 0. The minimum Gasteiger partial charge on any atom is -0.313 e.